The molecule has 0 atom stereocenters. The number of fused-ring (bicyclic) bond motifs is 1. The van der Waals surface area contributed by atoms with Gasteiger partial charge in [-0.25, -0.2) is 18.0 Å². The second-order valence-electron chi connectivity index (χ2n) is 6.97. The molecule has 1 aromatic carbocycles. The number of carbonyl (C=O) groups is 1. The van der Waals surface area contributed by atoms with E-state index < -0.39 is 52.2 Å². The van der Waals surface area contributed by atoms with Crippen LogP contribution in [0, 0.1) is 17.5 Å². The first-order chi connectivity index (χ1) is 15.1. The van der Waals surface area contributed by atoms with E-state index in [2.05, 4.69) is 10.4 Å². The van der Waals surface area contributed by atoms with E-state index in [1.165, 1.54) is 16.6 Å². The molecule has 0 unspecified atom stereocenters. The maximum absolute atomic E-state index is 14.8. The Morgan fingerprint density at radius 1 is 1.28 bits per heavy atom. The molecule has 1 saturated heterocycles. The van der Waals surface area contributed by atoms with Crippen LogP contribution >= 0.6 is 11.6 Å². The Labute approximate surface area is 182 Å². The number of pyridine rings is 2. The molecule has 32 heavy (non-hydrogen) atoms. The highest BCUT2D eigenvalue weighted by Crippen LogP contribution is 2.37. The summed E-state index contributed by atoms with van der Waals surface area (Å²) in [6.45, 7) is 0.325. The van der Waals surface area contributed by atoms with E-state index in [0.717, 1.165) is 12.3 Å². The summed E-state index contributed by atoms with van der Waals surface area (Å²) < 4.78 is 47.9. The van der Waals surface area contributed by atoms with Crippen molar-refractivity contribution in [3.63, 3.8) is 0 Å². The van der Waals surface area contributed by atoms with Gasteiger partial charge in [-0.15, -0.1) is 0 Å². The molecule has 0 saturated carbocycles. The topological polar surface area (TPSA) is 123 Å². The van der Waals surface area contributed by atoms with Crippen LogP contribution in [0.2, 0.25) is 5.02 Å². The van der Waals surface area contributed by atoms with Gasteiger partial charge in [0.05, 0.1) is 27.7 Å². The van der Waals surface area contributed by atoms with Crippen molar-refractivity contribution in [2.75, 3.05) is 36.2 Å². The maximum Gasteiger partial charge on any atom is 0.350 e. The van der Waals surface area contributed by atoms with E-state index in [1.807, 2.05) is 0 Å². The lowest BCUT2D eigenvalue weighted by molar-refractivity contribution is 0.0717. The number of hydrogen-bond donors (Lipinski definition) is 3. The molecular formula is C19H15ClF3N5O4. The Kier molecular flexibility index (Phi) is 5.34. The number of ether oxygens (including phenoxy) is 1. The van der Waals surface area contributed by atoms with Crippen LogP contribution in [0.25, 0.3) is 10.9 Å². The number of esters is 1. The number of rotatable bonds is 4. The molecule has 4 N–H and O–H groups in total. The minimum absolute atomic E-state index is 0.00347. The monoisotopic (exact) mass is 469 g/mol. The van der Waals surface area contributed by atoms with Gasteiger partial charge in [-0.2, -0.15) is 4.98 Å². The number of nitrogen functional groups attached to an aromatic ring is 1. The quantitative estimate of drug-likeness (QED) is 0.493. The molecule has 0 bridgehead atoms. The van der Waals surface area contributed by atoms with Crippen molar-refractivity contribution < 1.29 is 27.8 Å². The molecule has 2 aromatic heterocycles. The first-order valence-electron chi connectivity index (χ1n) is 9.14. The fourth-order valence-corrected chi connectivity index (χ4v) is 3.73. The van der Waals surface area contributed by atoms with Gasteiger partial charge in [0, 0.05) is 32.4 Å². The van der Waals surface area contributed by atoms with Gasteiger partial charge < -0.3 is 25.9 Å². The van der Waals surface area contributed by atoms with Gasteiger partial charge >= 0.3 is 5.97 Å². The van der Waals surface area contributed by atoms with Crippen molar-refractivity contribution in [3.8, 4) is 5.88 Å². The molecule has 3 heterocycles. The number of halogens is 4. The maximum atomic E-state index is 14.8. The summed E-state index contributed by atoms with van der Waals surface area (Å²) in [6.07, 6.45) is 0.412. The van der Waals surface area contributed by atoms with Crippen LogP contribution in [0.15, 0.2) is 23.1 Å². The molecule has 0 spiro atoms. The second-order valence-corrected chi connectivity index (χ2v) is 7.35. The summed E-state index contributed by atoms with van der Waals surface area (Å²) in [5, 5.41) is 9.13. The lowest BCUT2D eigenvalue weighted by Gasteiger charge is -2.38. The zero-order valence-corrected chi connectivity index (χ0v) is 17.1. The van der Waals surface area contributed by atoms with E-state index in [4.69, 9.17) is 22.1 Å². The lowest BCUT2D eigenvalue weighted by Crippen LogP contribution is -2.51. The van der Waals surface area contributed by atoms with Crippen LogP contribution in [0.3, 0.4) is 0 Å². The minimum Gasteiger partial charge on any atom is -0.400 e. The largest absolute Gasteiger partial charge is 0.400 e. The van der Waals surface area contributed by atoms with E-state index in [-0.39, 0.29) is 34.7 Å². The first-order valence-corrected chi connectivity index (χ1v) is 9.52. The number of β-amino-alcohol motifs (C(OH)–C–C–N with tert-alkyl or cyclic N) is 1. The highest BCUT2D eigenvalue weighted by atomic mass is 35.5. The van der Waals surface area contributed by atoms with Crippen molar-refractivity contribution >= 4 is 40.0 Å². The molecule has 4 rings (SSSR count). The molecule has 0 amide bonds. The molecule has 9 nitrogen and oxygen atoms in total. The Bertz CT molecular complexity index is 1330. The highest BCUT2D eigenvalue weighted by Gasteiger charge is 2.31. The third-order valence-corrected chi connectivity index (χ3v) is 5.27. The van der Waals surface area contributed by atoms with Crippen LogP contribution in [0.4, 0.5) is 24.7 Å². The zero-order valence-electron chi connectivity index (χ0n) is 16.3. The number of nitrogens with zero attached hydrogens (tertiary/aromatic N) is 3. The first kappa shape index (κ1) is 21.7. The van der Waals surface area contributed by atoms with Crippen LogP contribution in [-0.4, -0.2) is 47.0 Å². The van der Waals surface area contributed by atoms with Gasteiger partial charge in [0.2, 0.25) is 5.43 Å². The predicted octanol–water partition coefficient (Wildman–Crippen LogP) is 1.62. The number of nitrogens with two attached hydrogens (primary N) is 1. The number of aromatic nitrogens is 2. The number of aliphatic hydroxyl groups excluding tert-OH is 1. The van der Waals surface area contributed by atoms with Gasteiger partial charge in [0.1, 0.15) is 11.4 Å². The van der Waals surface area contributed by atoms with Gasteiger partial charge in [-0.1, -0.05) is 11.6 Å². The van der Waals surface area contributed by atoms with E-state index in [0.29, 0.717) is 6.07 Å². The average molecular weight is 470 g/mol. The number of aliphatic hydroxyl groups is 1. The molecule has 1 fully saturated rings. The SMILES string of the molecule is CNn1cc(C(=O)Oc2nc(N)c(F)cc2F)c(=O)c2cc(F)c(N3CC(O)C3)c(Cl)c21. The smallest absolute Gasteiger partial charge is 0.350 e. The zero-order chi connectivity index (χ0) is 23.3. The summed E-state index contributed by atoms with van der Waals surface area (Å²) in [6, 6.07) is 1.28. The third kappa shape index (κ3) is 3.46. The van der Waals surface area contributed by atoms with Gasteiger partial charge in [-0.05, 0) is 6.07 Å². The van der Waals surface area contributed by atoms with Crippen LogP contribution in [-0.2, 0) is 0 Å². The van der Waals surface area contributed by atoms with E-state index >= 15 is 0 Å². The predicted molar refractivity (Wildman–Crippen MR) is 110 cm³/mol. The van der Waals surface area contributed by atoms with Crippen molar-refractivity contribution in [1.82, 2.24) is 9.66 Å². The van der Waals surface area contributed by atoms with Gasteiger partial charge in [0.15, 0.2) is 17.5 Å². The summed E-state index contributed by atoms with van der Waals surface area (Å²) in [5.74, 6) is -6.27. The van der Waals surface area contributed by atoms with E-state index in [9.17, 15) is 27.9 Å². The van der Waals surface area contributed by atoms with E-state index in [1.54, 1.807) is 0 Å². The number of anilines is 2. The average Bonchev–Trinajstić information content (AvgIpc) is 2.71. The molecule has 13 heteroatoms. The summed E-state index contributed by atoms with van der Waals surface area (Å²) in [5.41, 5.74) is 6.48. The standard InChI is InChI=1S/C19H15ClF3N5O4/c1-25-28-6-9(19(31)32-18-12(23)3-11(22)17(24)26-18)16(30)8-2-10(21)15(13(20)14(8)28)27-4-7(29)5-27/h2-3,6-7,25,29H,4-5H2,1H3,(H2,24,26). The van der Waals surface area contributed by atoms with Gasteiger partial charge in [0.25, 0.3) is 5.88 Å². The van der Waals surface area contributed by atoms with Crippen molar-refractivity contribution in [1.29, 1.82) is 0 Å². The van der Waals surface area contributed by atoms with Crippen LogP contribution in [0.5, 0.6) is 5.88 Å². The second kappa shape index (κ2) is 7.88. The Hall–Kier alpha value is -3.51. The number of benzene rings is 1. The van der Waals surface area contributed by atoms with Gasteiger partial charge in [-0.3, -0.25) is 9.47 Å². The lowest BCUT2D eigenvalue weighted by atomic mass is 10.1. The fourth-order valence-electron chi connectivity index (χ4n) is 3.33. The van der Waals surface area contributed by atoms with Crippen LogP contribution in [0.1, 0.15) is 10.4 Å². The molecule has 3 aromatic rings. The Balaban J connectivity index is 1.82. The minimum atomic E-state index is -1.33. The summed E-state index contributed by atoms with van der Waals surface area (Å²) in [7, 11) is 1.45. The van der Waals surface area contributed by atoms with Crippen LogP contribution < -0.4 is 26.2 Å². The molecule has 168 valence electrons. The van der Waals surface area contributed by atoms with Crippen molar-refractivity contribution in [2.45, 2.75) is 6.10 Å². The molecule has 1 aliphatic rings. The fraction of sp³-hybridized carbons (Fsp3) is 0.211. The van der Waals surface area contributed by atoms with Crippen molar-refractivity contribution in [3.05, 3.63) is 56.6 Å². The molecule has 0 radical (unpaired) electrons. The number of hydrogen-bond acceptors (Lipinski definition) is 8. The Morgan fingerprint density at radius 3 is 2.59 bits per heavy atom. The third-order valence-electron chi connectivity index (χ3n) is 4.91. The van der Waals surface area contributed by atoms with Crippen molar-refractivity contribution in [2.24, 2.45) is 0 Å². The summed E-state index contributed by atoms with van der Waals surface area (Å²) >= 11 is 6.38. The molecular weight excluding hydrogens is 455 g/mol. The molecule has 0 aliphatic carbocycles. The summed E-state index contributed by atoms with van der Waals surface area (Å²) in [4.78, 5) is 30.3. The number of carbonyl (C=O) groups excluding carboxylic acids is 1. The normalized spacial score (nSPS) is 13.9. The Morgan fingerprint density at radius 2 is 1.97 bits per heavy atom. The highest BCUT2D eigenvalue weighted by molar-refractivity contribution is 6.38. The number of nitrogens with one attached hydrogen (secondary N) is 1. The molecule has 1 aliphatic heterocycles.